The summed E-state index contributed by atoms with van der Waals surface area (Å²) in [4.78, 5) is 0. The van der Waals surface area contributed by atoms with Gasteiger partial charge in [-0.1, -0.05) is 19.1 Å². The smallest absolute Gasteiger partial charge is 0.0966 e. The average molecular weight is 259 g/mol. The normalized spacial score (nSPS) is 11.7. The van der Waals surface area contributed by atoms with Gasteiger partial charge in [0.1, 0.15) is 0 Å². The second-order valence-corrected chi connectivity index (χ2v) is 6.74. The van der Waals surface area contributed by atoms with Crippen LogP contribution in [0.4, 0.5) is 0 Å². The van der Waals surface area contributed by atoms with Crippen LogP contribution in [0.3, 0.4) is 0 Å². The van der Waals surface area contributed by atoms with Crippen LogP contribution < -0.4 is 0 Å². The van der Waals surface area contributed by atoms with Crippen molar-refractivity contribution in [3.63, 3.8) is 0 Å². The molecule has 0 saturated carbocycles. The number of aromatic nitrogens is 3. The molecule has 0 aromatic carbocycles. The topological polar surface area (TPSA) is 30.7 Å². The van der Waals surface area contributed by atoms with Crippen molar-refractivity contribution in [2.75, 3.05) is 6.26 Å². The summed E-state index contributed by atoms with van der Waals surface area (Å²) in [5, 5.41) is 9.20. The first-order chi connectivity index (χ1) is 7.56. The molecule has 5 heteroatoms. The summed E-state index contributed by atoms with van der Waals surface area (Å²) >= 11 is 3.75. The Hall–Kier alpha value is -0.160. The van der Waals surface area contributed by atoms with Crippen molar-refractivity contribution < 1.29 is 0 Å². The van der Waals surface area contributed by atoms with E-state index in [-0.39, 0.29) is 0 Å². The van der Waals surface area contributed by atoms with E-state index in [1.165, 1.54) is 5.69 Å². The van der Waals surface area contributed by atoms with Crippen LogP contribution in [0.15, 0.2) is 0 Å². The Labute approximate surface area is 107 Å². The van der Waals surface area contributed by atoms with E-state index in [9.17, 15) is 0 Å². The first-order valence-electron chi connectivity index (χ1n) is 5.59. The molecule has 0 fully saturated rings. The van der Waals surface area contributed by atoms with Gasteiger partial charge in [0.2, 0.25) is 0 Å². The Morgan fingerprint density at radius 3 is 2.38 bits per heavy atom. The van der Waals surface area contributed by atoms with E-state index in [1.807, 2.05) is 28.2 Å². The number of hydrogen-bond acceptors (Lipinski definition) is 4. The minimum Gasteiger partial charge on any atom is -0.246 e. The van der Waals surface area contributed by atoms with Crippen LogP contribution in [0.5, 0.6) is 0 Å². The summed E-state index contributed by atoms with van der Waals surface area (Å²) < 4.78 is 2.05. The summed E-state index contributed by atoms with van der Waals surface area (Å²) in [6.45, 7) is 8.73. The maximum Gasteiger partial charge on any atom is 0.0966 e. The Morgan fingerprint density at radius 2 is 1.88 bits per heavy atom. The molecular formula is C11H21N3S2. The lowest BCUT2D eigenvalue weighted by atomic mass is 10.3. The average Bonchev–Trinajstić information content (AvgIpc) is 2.59. The van der Waals surface area contributed by atoms with Crippen molar-refractivity contribution in [3.05, 3.63) is 11.4 Å². The van der Waals surface area contributed by atoms with Crippen LogP contribution in [0.1, 0.15) is 45.1 Å². The third-order valence-corrected chi connectivity index (χ3v) is 3.86. The molecule has 1 rings (SSSR count). The third-order valence-electron chi connectivity index (χ3n) is 2.20. The number of thioether (sulfide) groups is 2. The lowest BCUT2D eigenvalue weighted by Gasteiger charge is -2.10. The minimum atomic E-state index is 0.396. The molecule has 92 valence electrons. The summed E-state index contributed by atoms with van der Waals surface area (Å²) in [5.41, 5.74) is 2.44. The molecule has 0 atom stereocenters. The van der Waals surface area contributed by atoms with Crippen LogP contribution in [0.25, 0.3) is 0 Å². The molecule has 16 heavy (non-hydrogen) atoms. The molecule has 0 unspecified atom stereocenters. The Bertz CT molecular complexity index is 321. The van der Waals surface area contributed by atoms with E-state index < -0.39 is 0 Å². The Morgan fingerprint density at radius 1 is 1.19 bits per heavy atom. The van der Waals surface area contributed by atoms with Crippen molar-refractivity contribution in [1.29, 1.82) is 0 Å². The first kappa shape index (κ1) is 13.9. The highest BCUT2D eigenvalue weighted by Crippen LogP contribution is 2.22. The van der Waals surface area contributed by atoms with Crippen molar-refractivity contribution in [1.82, 2.24) is 15.0 Å². The summed E-state index contributed by atoms with van der Waals surface area (Å²) in [7, 11) is 0. The Kier molecular flexibility index (Phi) is 5.69. The summed E-state index contributed by atoms with van der Waals surface area (Å²) in [6, 6.07) is 0.396. The van der Waals surface area contributed by atoms with Crippen LogP contribution >= 0.6 is 23.5 Å². The highest BCUT2D eigenvalue weighted by molar-refractivity contribution is 7.99. The second-order valence-electron chi connectivity index (χ2n) is 4.31. The van der Waals surface area contributed by atoms with Crippen LogP contribution in [-0.4, -0.2) is 26.5 Å². The molecule has 3 nitrogen and oxygen atoms in total. The van der Waals surface area contributed by atoms with E-state index >= 15 is 0 Å². The highest BCUT2D eigenvalue weighted by Gasteiger charge is 2.14. The molecule has 0 aliphatic rings. The van der Waals surface area contributed by atoms with Gasteiger partial charge in [-0.3, -0.25) is 0 Å². The fourth-order valence-corrected chi connectivity index (χ4v) is 2.69. The van der Waals surface area contributed by atoms with Gasteiger partial charge in [0.15, 0.2) is 0 Å². The Balaban J connectivity index is 2.82. The van der Waals surface area contributed by atoms with Crippen molar-refractivity contribution in [2.24, 2.45) is 0 Å². The van der Waals surface area contributed by atoms with E-state index in [0.29, 0.717) is 11.3 Å². The first-order valence-corrected chi connectivity index (χ1v) is 8.04. The molecule has 0 aliphatic carbocycles. The van der Waals surface area contributed by atoms with Gasteiger partial charge >= 0.3 is 0 Å². The highest BCUT2D eigenvalue weighted by atomic mass is 32.2. The van der Waals surface area contributed by atoms with Crippen LogP contribution in [-0.2, 0) is 11.5 Å². The monoisotopic (exact) mass is 259 g/mol. The van der Waals surface area contributed by atoms with E-state index in [0.717, 1.165) is 17.2 Å². The largest absolute Gasteiger partial charge is 0.246 e. The zero-order chi connectivity index (χ0) is 12.1. The third kappa shape index (κ3) is 3.70. The number of nitrogens with zero attached hydrogens (tertiary/aromatic N) is 3. The number of rotatable bonds is 6. The van der Waals surface area contributed by atoms with Gasteiger partial charge in [-0.2, -0.15) is 23.5 Å². The molecule has 1 aromatic heterocycles. The fraction of sp³-hybridized carbons (Fsp3) is 0.818. The lowest BCUT2D eigenvalue weighted by Crippen LogP contribution is -2.07. The van der Waals surface area contributed by atoms with E-state index in [4.69, 9.17) is 0 Å². The van der Waals surface area contributed by atoms with Gasteiger partial charge in [-0.05, 0) is 25.4 Å². The molecule has 0 amide bonds. The van der Waals surface area contributed by atoms with E-state index in [2.05, 4.69) is 44.3 Å². The molecule has 0 bridgehead atoms. The molecule has 0 saturated heterocycles. The molecule has 1 heterocycles. The van der Waals surface area contributed by atoms with Crippen LogP contribution in [0, 0.1) is 0 Å². The van der Waals surface area contributed by atoms with Gasteiger partial charge in [0.05, 0.1) is 11.4 Å². The second kappa shape index (κ2) is 6.55. The predicted octanol–water partition coefficient (Wildman–Crippen LogP) is 3.36. The maximum atomic E-state index is 4.31. The van der Waals surface area contributed by atoms with Gasteiger partial charge in [0.25, 0.3) is 0 Å². The predicted molar refractivity (Wildman–Crippen MR) is 74.1 cm³/mol. The standard InChI is InChI=1S/C11H21N3S2/c1-8(2)14-11(7-15-5)10(12-13-14)6-16-9(3)4/h8-9H,6-7H2,1-5H3. The SMILES string of the molecule is CSCc1c(CSC(C)C)nnn1C(C)C. The zero-order valence-corrected chi connectivity index (χ0v) is 12.4. The minimum absolute atomic E-state index is 0.396. The van der Waals surface area contributed by atoms with Gasteiger partial charge in [-0.15, -0.1) is 5.10 Å². The lowest BCUT2D eigenvalue weighted by molar-refractivity contribution is 0.501. The summed E-state index contributed by atoms with van der Waals surface area (Å²) in [5.74, 6) is 1.97. The van der Waals surface area contributed by atoms with Crippen molar-refractivity contribution in [3.8, 4) is 0 Å². The molecule has 0 N–H and O–H groups in total. The molecule has 0 spiro atoms. The van der Waals surface area contributed by atoms with Crippen LogP contribution in [0.2, 0.25) is 0 Å². The van der Waals surface area contributed by atoms with Gasteiger partial charge in [0, 0.05) is 17.5 Å². The molecule has 0 radical (unpaired) electrons. The fourth-order valence-electron chi connectivity index (χ4n) is 1.40. The van der Waals surface area contributed by atoms with Gasteiger partial charge < -0.3 is 0 Å². The summed E-state index contributed by atoms with van der Waals surface area (Å²) in [6.07, 6.45) is 2.12. The quantitative estimate of drug-likeness (QED) is 0.784. The van der Waals surface area contributed by atoms with Crippen molar-refractivity contribution in [2.45, 2.75) is 50.5 Å². The van der Waals surface area contributed by atoms with Crippen molar-refractivity contribution >= 4 is 23.5 Å². The maximum absolute atomic E-state index is 4.31. The zero-order valence-electron chi connectivity index (χ0n) is 10.7. The molecular weight excluding hydrogens is 238 g/mol. The van der Waals surface area contributed by atoms with E-state index in [1.54, 1.807) is 0 Å². The molecule has 0 aliphatic heterocycles. The van der Waals surface area contributed by atoms with Gasteiger partial charge in [-0.25, -0.2) is 4.68 Å². The number of hydrogen-bond donors (Lipinski definition) is 0. The molecule has 1 aromatic rings.